The molecule has 0 amide bonds. The van der Waals surface area contributed by atoms with E-state index in [1.807, 2.05) is 6.92 Å². The summed E-state index contributed by atoms with van der Waals surface area (Å²) in [6.45, 7) is 12.4. The first-order chi connectivity index (χ1) is 11.5. The summed E-state index contributed by atoms with van der Waals surface area (Å²) in [4.78, 5) is 2.58. The van der Waals surface area contributed by atoms with Gasteiger partial charge >= 0.3 is 0 Å². The summed E-state index contributed by atoms with van der Waals surface area (Å²) in [5.74, 6) is 0. The molecule has 0 fully saturated rings. The van der Waals surface area contributed by atoms with Crippen LogP contribution in [0.4, 0.5) is 0 Å². The molecule has 130 valence electrons. The predicted octanol–water partition coefficient (Wildman–Crippen LogP) is 4.30. The van der Waals surface area contributed by atoms with E-state index < -0.39 is 0 Å². The highest BCUT2D eigenvalue weighted by atomic mass is 15.2. The molecule has 1 aromatic carbocycles. The smallest absolute Gasteiger partial charge is 0.0511 e. The molecule has 0 radical (unpaired) electrons. The molecule has 0 aliphatic heterocycles. The highest BCUT2D eigenvalue weighted by Gasteiger charge is 2.26. The normalized spacial score (nSPS) is 17.8. The number of nitrogens with two attached hydrogens (primary N) is 1. The summed E-state index contributed by atoms with van der Waals surface area (Å²) in [6.07, 6.45) is 5.25. The Hall–Kier alpha value is -2.00. The van der Waals surface area contributed by atoms with Crippen molar-refractivity contribution in [3.63, 3.8) is 0 Å². The minimum atomic E-state index is 0.393. The van der Waals surface area contributed by atoms with Gasteiger partial charge in [0, 0.05) is 30.4 Å². The van der Waals surface area contributed by atoms with Crippen LogP contribution < -0.4 is 11.1 Å². The third-order valence-electron chi connectivity index (χ3n) is 4.47. The molecule has 1 aliphatic carbocycles. The molecule has 0 aromatic heterocycles. The van der Waals surface area contributed by atoms with Crippen LogP contribution in [0.2, 0.25) is 0 Å². The summed E-state index contributed by atoms with van der Waals surface area (Å²) in [6, 6.07) is 11.1. The van der Waals surface area contributed by atoms with E-state index in [1.54, 1.807) is 0 Å². The molecule has 3 heteroatoms. The number of hydrogen-bond acceptors (Lipinski definition) is 3. The Labute approximate surface area is 146 Å². The fourth-order valence-corrected chi connectivity index (χ4v) is 3.36. The van der Waals surface area contributed by atoms with Crippen LogP contribution in [-0.4, -0.2) is 17.5 Å². The van der Waals surface area contributed by atoms with Crippen LogP contribution in [0.5, 0.6) is 0 Å². The van der Waals surface area contributed by atoms with E-state index in [4.69, 9.17) is 5.73 Å². The number of hydrogen-bond donors (Lipinski definition) is 2. The topological polar surface area (TPSA) is 41.3 Å². The maximum Gasteiger partial charge on any atom is 0.0511 e. The van der Waals surface area contributed by atoms with E-state index in [0.29, 0.717) is 6.04 Å². The van der Waals surface area contributed by atoms with Crippen LogP contribution in [0.15, 0.2) is 65.7 Å². The first-order valence-electron chi connectivity index (χ1n) is 8.94. The first kappa shape index (κ1) is 18.3. The highest BCUT2D eigenvalue weighted by Crippen LogP contribution is 2.29. The van der Waals surface area contributed by atoms with Gasteiger partial charge in [-0.15, -0.1) is 0 Å². The van der Waals surface area contributed by atoms with E-state index >= 15 is 0 Å². The van der Waals surface area contributed by atoms with Crippen LogP contribution in [0, 0.1) is 0 Å². The molecule has 0 spiro atoms. The Bertz CT molecular complexity index is 613. The van der Waals surface area contributed by atoms with Gasteiger partial charge in [0.05, 0.1) is 5.70 Å². The van der Waals surface area contributed by atoms with Crippen LogP contribution >= 0.6 is 0 Å². The first-order valence-corrected chi connectivity index (χ1v) is 8.94. The van der Waals surface area contributed by atoms with Gasteiger partial charge < -0.3 is 11.1 Å². The van der Waals surface area contributed by atoms with Crippen molar-refractivity contribution in [3.8, 4) is 0 Å². The van der Waals surface area contributed by atoms with E-state index in [1.165, 1.54) is 11.1 Å². The molecule has 3 nitrogen and oxygen atoms in total. The zero-order valence-electron chi connectivity index (χ0n) is 15.3. The predicted molar refractivity (Wildman–Crippen MR) is 103 cm³/mol. The van der Waals surface area contributed by atoms with Crippen LogP contribution in [0.1, 0.15) is 45.6 Å². The van der Waals surface area contributed by atoms with Gasteiger partial charge in [0.25, 0.3) is 0 Å². The Morgan fingerprint density at radius 3 is 2.58 bits per heavy atom. The van der Waals surface area contributed by atoms with Crippen LogP contribution in [0.3, 0.4) is 0 Å². The lowest BCUT2D eigenvalue weighted by molar-refractivity contribution is 0.204. The van der Waals surface area contributed by atoms with Crippen molar-refractivity contribution in [1.82, 2.24) is 10.2 Å². The number of benzene rings is 1. The lowest BCUT2D eigenvalue weighted by Gasteiger charge is -2.36. The van der Waals surface area contributed by atoms with E-state index in [9.17, 15) is 0 Å². The summed E-state index contributed by atoms with van der Waals surface area (Å²) < 4.78 is 0. The largest absolute Gasteiger partial charge is 0.397 e. The second-order valence-corrected chi connectivity index (χ2v) is 6.59. The molecule has 24 heavy (non-hydrogen) atoms. The third-order valence-corrected chi connectivity index (χ3v) is 4.47. The fourth-order valence-electron chi connectivity index (χ4n) is 3.36. The molecule has 1 aliphatic rings. The monoisotopic (exact) mass is 325 g/mol. The summed E-state index contributed by atoms with van der Waals surface area (Å²) in [5.41, 5.74) is 11.9. The maximum absolute atomic E-state index is 6.26. The quantitative estimate of drug-likeness (QED) is 0.749. The lowest BCUT2D eigenvalue weighted by atomic mass is 9.91. The van der Waals surface area contributed by atoms with E-state index in [2.05, 4.69) is 67.1 Å². The van der Waals surface area contributed by atoms with Gasteiger partial charge in [0.2, 0.25) is 0 Å². The molecule has 0 saturated carbocycles. The fraction of sp³-hybridized carbons (Fsp3) is 0.429. The maximum atomic E-state index is 6.26. The number of nitrogens with zero attached hydrogens (tertiary/aromatic N) is 1. The molecule has 0 saturated heterocycles. The van der Waals surface area contributed by atoms with E-state index in [-0.39, 0.29) is 0 Å². The van der Waals surface area contributed by atoms with Gasteiger partial charge in [-0.1, -0.05) is 56.3 Å². The standard InChI is InChI=1S/C21H31N3/c1-5-12-24(15-17-10-8-7-9-11-17)21-14-20(23-16(3)4)19(22)13-18(21)6-2/h7-11,13,21,23H,3,5-6,12,14-15,22H2,1-2,4H3. The van der Waals surface area contributed by atoms with Crippen molar-refractivity contribution in [1.29, 1.82) is 0 Å². The zero-order chi connectivity index (χ0) is 17.5. The number of rotatable bonds is 8. The molecule has 2 rings (SSSR count). The molecule has 3 N–H and O–H groups in total. The SMILES string of the molecule is C=C(C)NC1=C(N)C=C(CC)C(N(CCC)Cc2ccccc2)C1. The number of allylic oxidation sites excluding steroid dienone is 2. The molecule has 1 atom stereocenters. The van der Waals surface area contributed by atoms with Crippen molar-refractivity contribution < 1.29 is 0 Å². The average molecular weight is 326 g/mol. The van der Waals surface area contributed by atoms with Gasteiger partial charge in [-0.2, -0.15) is 0 Å². The second kappa shape index (κ2) is 8.74. The molecular weight excluding hydrogens is 294 g/mol. The molecule has 1 aromatic rings. The van der Waals surface area contributed by atoms with Crippen molar-refractivity contribution in [2.75, 3.05) is 6.54 Å². The molecule has 0 bridgehead atoms. The molecule has 0 heterocycles. The van der Waals surface area contributed by atoms with Crippen LogP contribution in [0.25, 0.3) is 0 Å². The Balaban J connectivity index is 2.24. The minimum absolute atomic E-state index is 0.393. The zero-order valence-corrected chi connectivity index (χ0v) is 15.3. The Kier molecular flexibility index (Phi) is 6.68. The Morgan fingerprint density at radius 2 is 2.00 bits per heavy atom. The minimum Gasteiger partial charge on any atom is -0.397 e. The lowest BCUT2D eigenvalue weighted by Crippen LogP contribution is -2.40. The van der Waals surface area contributed by atoms with Gasteiger partial charge in [-0.05, 0) is 37.9 Å². The van der Waals surface area contributed by atoms with Crippen molar-refractivity contribution in [3.05, 3.63) is 71.2 Å². The van der Waals surface area contributed by atoms with Crippen molar-refractivity contribution in [2.45, 2.75) is 52.6 Å². The Morgan fingerprint density at radius 1 is 1.29 bits per heavy atom. The van der Waals surface area contributed by atoms with Crippen LogP contribution in [-0.2, 0) is 6.54 Å². The second-order valence-electron chi connectivity index (χ2n) is 6.59. The average Bonchev–Trinajstić information content (AvgIpc) is 2.56. The molecule has 1 unspecified atom stereocenters. The summed E-state index contributed by atoms with van der Waals surface area (Å²) in [7, 11) is 0. The van der Waals surface area contributed by atoms with Gasteiger partial charge in [0.15, 0.2) is 0 Å². The number of nitrogens with one attached hydrogen (secondary N) is 1. The highest BCUT2D eigenvalue weighted by molar-refractivity contribution is 5.36. The summed E-state index contributed by atoms with van der Waals surface area (Å²) >= 11 is 0. The third kappa shape index (κ3) is 4.75. The van der Waals surface area contributed by atoms with Gasteiger partial charge in [-0.3, -0.25) is 4.90 Å². The van der Waals surface area contributed by atoms with Crippen molar-refractivity contribution >= 4 is 0 Å². The summed E-state index contributed by atoms with van der Waals surface area (Å²) in [5, 5.41) is 3.36. The van der Waals surface area contributed by atoms with Crippen molar-refractivity contribution in [2.24, 2.45) is 5.73 Å². The molecular formula is C21H31N3. The van der Waals surface area contributed by atoms with Gasteiger partial charge in [-0.25, -0.2) is 0 Å². The van der Waals surface area contributed by atoms with Gasteiger partial charge in [0.1, 0.15) is 0 Å². The van der Waals surface area contributed by atoms with E-state index in [0.717, 1.165) is 49.4 Å².